The summed E-state index contributed by atoms with van der Waals surface area (Å²) in [5, 5.41) is 3.19. The molecular formula is C25H25N5OS. The zero-order valence-electron chi connectivity index (χ0n) is 18.3. The zero-order chi connectivity index (χ0) is 22.1. The highest BCUT2D eigenvalue weighted by atomic mass is 32.1. The highest BCUT2D eigenvalue weighted by molar-refractivity contribution is 7.15. The Morgan fingerprint density at radius 2 is 1.78 bits per heavy atom. The largest absolute Gasteiger partial charge is 0.354 e. The van der Waals surface area contributed by atoms with Crippen LogP contribution in [0.3, 0.4) is 0 Å². The zero-order valence-corrected chi connectivity index (χ0v) is 19.1. The summed E-state index contributed by atoms with van der Waals surface area (Å²) < 4.78 is 0. The maximum absolute atomic E-state index is 12.9. The summed E-state index contributed by atoms with van der Waals surface area (Å²) in [4.78, 5) is 32.0. The Morgan fingerprint density at radius 1 is 0.938 bits per heavy atom. The van der Waals surface area contributed by atoms with Gasteiger partial charge in [-0.3, -0.25) is 9.78 Å². The van der Waals surface area contributed by atoms with Crippen LogP contribution >= 0.6 is 11.3 Å². The van der Waals surface area contributed by atoms with E-state index in [0.717, 1.165) is 63.9 Å². The van der Waals surface area contributed by atoms with E-state index in [-0.39, 0.29) is 12.2 Å². The molecule has 1 aromatic carbocycles. The first-order valence-corrected chi connectivity index (χ1v) is 11.6. The SMILES string of the molecule is Cc1ncc(-c2ccc3cnc(CC(=O)c4ccc(N5CCN(C)CC5)nc4)cc3c2)s1. The number of anilines is 1. The molecule has 0 bridgehead atoms. The molecule has 4 heterocycles. The third kappa shape index (κ3) is 4.40. The molecule has 0 atom stereocenters. The topological polar surface area (TPSA) is 62.2 Å². The predicted octanol–water partition coefficient (Wildman–Crippen LogP) is 4.24. The van der Waals surface area contributed by atoms with Gasteiger partial charge >= 0.3 is 0 Å². The van der Waals surface area contributed by atoms with Gasteiger partial charge in [-0.15, -0.1) is 11.3 Å². The molecule has 0 radical (unpaired) electrons. The maximum Gasteiger partial charge on any atom is 0.170 e. The number of nitrogens with zero attached hydrogens (tertiary/aromatic N) is 5. The van der Waals surface area contributed by atoms with Crippen LogP contribution in [0.1, 0.15) is 21.1 Å². The number of pyridine rings is 2. The number of aromatic nitrogens is 3. The highest BCUT2D eigenvalue weighted by Crippen LogP contribution is 2.29. The first-order chi connectivity index (χ1) is 15.5. The number of carbonyl (C=O) groups is 1. The first kappa shape index (κ1) is 20.7. The van der Waals surface area contributed by atoms with Crippen molar-refractivity contribution in [3.63, 3.8) is 0 Å². The molecule has 0 amide bonds. The fourth-order valence-electron chi connectivity index (χ4n) is 3.97. The standard InChI is InChI=1S/C25H25N5OS/c1-17-26-16-24(32-17)18-3-4-19-14-27-22(12-21(19)11-18)13-23(31)20-5-6-25(28-15-20)30-9-7-29(2)8-10-30/h3-6,11-12,14-16H,7-10,13H2,1-2H3. The molecule has 0 aliphatic carbocycles. The van der Waals surface area contributed by atoms with Gasteiger partial charge in [-0.2, -0.15) is 0 Å². The summed E-state index contributed by atoms with van der Waals surface area (Å²) in [6.07, 6.45) is 5.70. The number of ketones is 1. The van der Waals surface area contributed by atoms with Crippen LogP contribution < -0.4 is 4.90 Å². The van der Waals surface area contributed by atoms with Crippen LogP contribution in [0, 0.1) is 6.92 Å². The lowest BCUT2D eigenvalue weighted by Crippen LogP contribution is -2.44. The molecule has 162 valence electrons. The van der Waals surface area contributed by atoms with Gasteiger partial charge in [-0.25, -0.2) is 9.97 Å². The van der Waals surface area contributed by atoms with Crippen molar-refractivity contribution >= 4 is 33.7 Å². The van der Waals surface area contributed by atoms with E-state index in [9.17, 15) is 4.79 Å². The van der Waals surface area contributed by atoms with Crippen molar-refractivity contribution in [1.29, 1.82) is 0 Å². The van der Waals surface area contributed by atoms with Gasteiger partial charge in [-0.1, -0.05) is 12.1 Å². The van der Waals surface area contributed by atoms with Crippen LogP contribution in [0.4, 0.5) is 5.82 Å². The van der Waals surface area contributed by atoms with Crippen LogP contribution in [0.25, 0.3) is 21.2 Å². The van der Waals surface area contributed by atoms with E-state index in [2.05, 4.69) is 50.0 Å². The minimum atomic E-state index is 0.0310. The second-order valence-corrected chi connectivity index (χ2v) is 9.51. The molecule has 0 N–H and O–H groups in total. The number of likely N-dealkylation sites (N-methyl/N-ethyl adjacent to an activating group) is 1. The second-order valence-electron chi connectivity index (χ2n) is 8.28. The van der Waals surface area contributed by atoms with Gasteiger partial charge in [0, 0.05) is 61.4 Å². The van der Waals surface area contributed by atoms with Gasteiger partial charge in [0.1, 0.15) is 5.82 Å². The van der Waals surface area contributed by atoms with E-state index in [1.54, 1.807) is 17.5 Å². The Kier molecular flexibility index (Phi) is 5.68. The second kappa shape index (κ2) is 8.76. The van der Waals surface area contributed by atoms with Crippen molar-refractivity contribution in [2.45, 2.75) is 13.3 Å². The van der Waals surface area contributed by atoms with Crippen molar-refractivity contribution in [2.75, 3.05) is 38.1 Å². The third-order valence-electron chi connectivity index (χ3n) is 5.92. The van der Waals surface area contributed by atoms with E-state index in [4.69, 9.17) is 0 Å². The Bertz CT molecular complexity index is 1260. The quantitative estimate of drug-likeness (QED) is 0.430. The molecule has 1 fully saturated rings. The first-order valence-electron chi connectivity index (χ1n) is 10.8. The number of hydrogen-bond donors (Lipinski definition) is 0. The molecular weight excluding hydrogens is 418 g/mol. The molecule has 1 aliphatic heterocycles. The molecule has 7 heteroatoms. The van der Waals surface area contributed by atoms with Crippen LogP contribution in [0.15, 0.2) is 55.0 Å². The van der Waals surface area contributed by atoms with Crippen LogP contribution in [0.5, 0.6) is 0 Å². The third-order valence-corrected chi connectivity index (χ3v) is 6.88. The van der Waals surface area contributed by atoms with E-state index in [0.29, 0.717) is 5.56 Å². The van der Waals surface area contributed by atoms with Gasteiger partial charge in [0.2, 0.25) is 0 Å². The number of piperazine rings is 1. The summed E-state index contributed by atoms with van der Waals surface area (Å²) in [5.41, 5.74) is 2.53. The Balaban J connectivity index is 1.31. The Morgan fingerprint density at radius 3 is 2.50 bits per heavy atom. The average Bonchev–Trinajstić information content (AvgIpc) is 3.25. The fourth-order valence-corrected chi connectivity index (χ4v) is 4.75. The highest BCUT2D eigenvalue weighted by Gasteiger charge is 2.16. The summed E-state index contributed by atoms with van der Waals surface area (Å²) in [6.45, 7) is 5.98. The molecule has 0 unspecified atom stereocenters. The minimum absolute atomic E-state index is 0.0310. The van der Waals surface area contributed by atoms with E-state index >= 15 is 0 Å². The van der Waals surface area contributed by atoms with Crippen molar-refractivity contribution in [3.8, 4) is 10.4 Å². The Labute approximate surface area is 191 Å². The molecule has 4 aromatic rings. The van der Waals surface area contributed by atoms with Crippen LogP contribution in [-0.4, -0.2) is 58.9 Å². The smallest absolute Gasteiger partial charge is 0.170 e. The number of carbonyl (C=O) groups excluding carboxylic acids is 1. The number of thiazole rings is 1. The normalized spacial score (nSPS) is 14.8. The number of hydrogen-bond acceptors (Lipinski definition) is 7. The monoisotopic (exact) mass is 443 g/mol. The molecule has 1 saturated heterocycles. The van der Waals surface area contributed by atoms with Gasteiger partial charge in [0.05, 0.1) is 16.3 Å². The van der Waals surface area contributed by atoms with Gasteiger partial charge in [0.25, 0.3) is 0 Å². The maximum atomic E-state index is 12.9. The number of aryl methyl sites for hydroxylation is 1. The summed E-state index contributed by atoms with van der Waals surface area (Å²) in [5.74, 6) is 0.966. The molecule has 0 saturated carbocycles. The summed E-state index contributed by atoms with van der Waals surface area (Å²) in [6, 6.07) is 12.2. The van der Waals surface area contributed by atoms with Crippen molar-refractivity contribution in [3.05, 3.63) is 71.3 Å². The van der Waals surface area contributed by atoms with Crippen molar-refractivity contribution in [2.24, 2.45) is 0 Å². The number of fused-ring (bicyclic) bond motifs is 1. The molecule has 0 spiro atoms. The number of benzene rings is 1. The molecule has 3 aromatic heterocycles. The average molecular weight is 444 g/mol. The molecule has 1 aliphatic rings. The molecule has 32 heavy (non-hydrogen) atoms. The predicted molar refractivity (Wildman–Crippen MR) is 130 cm³/mol. The van der Waals surface area contributed by atoms with E-state index in [1.165, 1.54) is 0 Å². The molecule has 6 nitrogen and oxygen atoms in total. The van der Waals surface area contributed by atoms with Gasteiger partial charge in [0.15, 0.2) is 5.78 Å². The van der Waals surface area contributed by atoms with Crippen LogP contribution in [-0.2, 0) is 6.42 Å². The number of rotatable bonds is 5. The summed E-state index contributed by atoms with van der Waals surface area (Å²) in [7, 11) is 2.13. The van der Waals surface area contributed by atoms with Crippen molar-refractivity contribution in [1.82, 2.24) is 19.9 Å². The van der Waals surface area contributed by atoms with Crippen molar-refractivity contribution < 1.29 is 4.79 Å². The van der Waals surface area contributed by atoms with E-state index in [1.807, 2.05) is 37.5 Å². The minimum Gasteiger partial charge on any atom is -0.354 e. The lowest BCUT2D eigenvalue weighted by Gasteiger charge is -2.33. The van der Waals surface area contributed by atoms with Crippen LogP contribution in [0.2, 0.25) is 0 Å². The van der Waals surface area contributed by atoms with Gasteiger partial charge in [-0.05, 0) is 49.2 Å². The summed E-state index contributed by atoms with van der Waals surface area (Å²) >= 11 is 1.68. The van der Waals surface area contributed by atoms with E-state index < -0.39 is 0 Å². The number of Topliss-reactive ketones (excluding diaryl/α,β-unsaturated/α-hetero) is 1. The lowest BCUT2D eigenvalue weighted by atomic mass is 10.0. The lowest BCUT2D eigenvalue weighted by molar-refractivity contribution is 0.0991. The molecule has 5 rings (SSSR count). The van der Waals surface area contributed by atoms with Gasteiger partial charge < -0.3 is 9.80 Å². The fraction of sp³-hybridized carbons (Fsp3) is 0.280. The Hall–Kier alpha value is -3.16.